The molecule has 0 spiro atoms. The second-order valence-corrected chi connectivity index (χ2v) is 31.9. The normalized spacial score (nSPS) is 22.4. The lowest BCUT2D eigenvalue weighted by atomic mass is 9.83. The van der Waals surface area contributed by atoms with Crippen LogP contribution in [-0.2, 0) is 33.2 Å². The average Bonchev–Trinajstić information content (AvgIpc) is 3.43. The molecule has 0 aromatic carbocycles. The Labute approximate surface area is 523 Å². The lowest BCUT2D eigenvalue weighted by Crippen LogP contribution is -2.31. The minimum atomic E-state index is 0.289. The van der Waals surface area contributed by atoms with Gasteiger partial charge in [0.1, 0.15) is 0 Å². The minimum absolute atomic E-state index is 0.289. The molecule has 5 rings (SSSR count). The standard InChI is InChI=1S/C15H30O.C13H26O.2C12H24O.C10H20O.C8H18O.C6H14O/c1-12-6-8-14(9-7-12)11-16-13(2)10-15(3,4)5;1-11(10-13(2,3)4)14-12-8-6-5-7-9-12;1-10(12(2,3)4)13-11-8-6-5-7-9-11;1-3-11(2)13-10-9-12-7-5-4-6-8-12;1-3-9(2)11-10-7-5-4-6-8-10;1-7(9-5)6-8(2,3)4;1-4-6(3)7-5-2/h12-14H,6-11H2,1-5H3;11-12H,5-10H2,1-4H3;10-11H,5-9H2,1-4H3;11-12H,3-10H2,1-2H3;9-10H,3-8H2,1-2H3;7H,6H2,1-5H3;6H,4-5H2,1-3H3. The molecule has 5 saturated carbocycles. The third-order valence-corrected chi connectivity index (χ3v) is 17.8. The van der Waals surface area contributed by atoms with Crippen LogP contribution in [0.3, 0.4) is 0 Å². The van der Waals surface area contributed by atoms with Crippen LogP contribution < -0.4 is 0 Å². The molecule has 7 atom stereocenters. The highest BCUT2D eigenvalue weighted by molar-refractivity contribution is 4.76. The topological polar surface area (TPSA) is 64.6 Å². The van der Waals surface area contributed by atoms with Crippen molar-refractivity contribution in [2.75, 3.05) is 26.9 Å². The zero-order chi connectivity index (χ0) is 63.5. The molecular formula is C76H156O7. The highest BCUT2D eigenvalue weighted by atomic mass is 16.5. The summed E-state index contributed by atoms with van der Waals surface area (Å²) in [6.45, 7) is 56.0. The number of methoxy groups -OCH3 is 1. The Morgan fingerprint density at radius 1 is 0.361 bits per heavy atom. The fraction of sp³-hybridized carbons (Fsp3) is 1.00. The van der Waals surface area contributed by atoms with Crippen molar-refractivity contribution >= 4 is 0 Å². The Balaban J connectivity index is 0. The van der Waals surface area contributed by atoms with E-state index in [2.05, 4.69) is 159 Å². The van der Waals surface area contributed by atoms with Crippen molar-refractivity contribution < 1.29 is 33.2 Å². The average molecular weight is 1180 g/mol. The summed E-state index contributed by atoms with van der Waals surface area (Å²) in [4.78, 5) is 0. The van der Waals surface area contributed by atoms with Gasteiger partial charge in [0.25, 0.3) is 0 Å². The molecule has 0 N–H and O–H groups in total. The quantitative estimate of drug-likeness (QED) is 0.107. The molecule has 5 aliphatic rings. The maximum Gasteiger partial charge on any atom is 0.0599 e. The van der Waals surface area contributed by atoms with E-state index < -0.39 is 0 Å². The van der Waals surface area contributed by atoms with Gasteiger partial charge in [-0.1, -0.05) is 214 Å². The fourth-order valence-electron chi connectivity index (χ4n) is 11.9. The summed E-state index contributed by atoms with van der Waals surface area (Å²) in [5, 5.41) is 0. The van der Waals surface area contributed by atoms with Gasteiger partial charge >= 0.3 is 0 Å². The van der Waals surface area contributed by atoms with E-state index in [1.54, 1.807) is 7.11 Å². The Morgan fingerprint density at radius 3 is 1.07 bits per heavy atom. The molecule has 7 heteroatoms. The van der Waals surface area contributed by atoms with E-state index in [4.69, 9.17) is 33.2 Å². The van der Waals surface area contributed by atoms with Crippen LogP contribution in [0, 0.1) is 39.4 Å². The van der Waals surface area contributed by atoms with E-state index in [0.29, 0.717) is 77.3 Å². The van der Waals surface area contributed by atoms with Crippen molar-refractivity contribution in [2.45, 2.75) is 426 Å². The maximum absolute atomic E-state index is 6.07. The van der Waals surface area contributed by atoms with E-state index in [1.165, 1.54) is 167 Å². The number of hydrogen-bond donors (Lipinski definition) is 0. The van der Waals surface area contributed by atoms with Gasteiger partial charge in [-0.15, -0.1) is 0 Å². The zero-order valence-corrected chi connectivity index (χ0v) is 61.4. The minimum Gasteiger partial charge on any atom is -0.382 e. The van der Waals surface area contributed by atoms with E-state index in [0.717, 1.165) is 69.7 Å². The molecule has 0 saturated heterocycles. The molecule has 5 aliphatic carbocycles. The van der Waals surface area contributed by atoms with Crippen LogP contribution in [0.1, 0.15) is 365 Å². The Morgan fingerprint density at radius 2 is 0.723 bits per heavy atom. The summed E-state index contributed by atoms with van der Waals surface area (Å²) in [6.07, 6.45) is 45.9. The first-order chi connectivity index (χ1) is 38.8. The first-order valence-electron chi connectivity index (χ1n) is 36.1. The molecule has 0 radical (unpaired) electrons. The van der Waals surface area contributed by atoms with Crippen LogP contribution in [0.2, 0.25) is 0 Å². The molecule has 0 aromatic heterocycles. The first kappa shape index (κ1) is 84.8. The summed E-state index contributed by atoms with van der Waals surface area (Å²) in [6, 6.07) is 0. The number of ether oxygens (including phenoxy) is 7. The molecule has 83 heavy (non-hydrogen) atoms. The fourth-order valence-corrected chi connectivity index (χ4v) is 11.9. The molecule has 7 unspecified atom stereocenters. The van der Waals surface area contributed by atoms with Gasteiger partial charge < -0.3 is 33.2 Å². The molecular weight excluding hydrogens is 1020 g/mol. The van der Waals surface area contributed by atoms with Crippen LogP contribution in [0.5, 0.6) is 0 Å². The third kappa shape index (κ3) is 55.5. The lowest BCUT2D eigenvalue weighted by Gasteiger charge is -2.33. The lowest BCUT2D eigenvalue weighted by molar-refractivity contribution is -0.0683. The summed E-state index contributed by atoms with van der Waals surface area (Å²) in [7, 11) is 1.76. The molecule has 0 aliphatic heterocycles. The molecule has 0 amide bonds. The van der Waals surface area contributed by atoms with Crippen molar-refractivity contribution in [1.29, 1.82) is 0 Å². The molecule has 502 valence electrons. The maximum atomic E-state index is 6.07. The van der Waals surface area contributed by atoms with E-state index in [9.17, 15) is 0 Å². The van der Waals surface area contributed by atoms with E-state index >= 15 is 0 Å². The molecule has 7 nitrogen and oxygen atoms in total. The summed E-state index contributed by atoms with van der Waals surface area (Å²) < 4.78 is 40.0. The van der Waals surface area contributed by atoms with Crippen LogP contribution in [-0.4, -0.2) is 88.0 Å². The van der Waals surface area contributed by atoms with E-state index in [1.807, 2.05) is 6.92 Å². The summed E-state index contributed by atoms with van der Waals surface area (Å²) in [5.74, 6) is 2.75. The van der Waals surface area contributed by atoms with Crippen LogP contribution >= 0.6 is 0 Å². The van der Waals surface area contributed by atoms with Gasteiger partial charge in [-0.05, 0) is 191 Å². The second-order valence-electron chi connectivity index (χ2n) is 31.9. The molecule has 0 bridgehead atoms. The van der Waals surface area contributed by atoms with Crippen LogP contribution in [0.4, 0.5) is 0 Å². The smallest absolute Gasteiger partial charge is 0.0599 e. The van der Waals surface area contributed by atoms with Crippen LogP contribution in [0.15, 0.2) is 0 Å². The van der Waals surface area contributed by atoms with Crippen molar-refractivity contribution in [3.05, 3.63) is 0 Å². The first-order valence-corrected chi connectivity index (χ1v) is 36.1. The monoisotopic (exact) mass is 1180 g/mol. The second kappa shape index (κ2) is 49.5. The van der Waals surface area contributed by atoms with Crippen molar-refractivity contribution in [3.8, 4) is 0 Å². The van der Waals surface area contributed by atoms with Crippen molar-refractivity contribution in [2.24, 2.45) is 39.4 Å². The Bertz CT molecular complexity index is 1360. The van der Waals surface area contributed by atoms with Crippen LogP contribution in [0.25, 0.3) is 0 Å². The van der Waals surface area contributed by atoms with Gasteiger partial charge in [0.2, 0.25) is 0 Å². The Hall–Kier alpha value is -0.280. The van der Waals surface area contributed by atoms with Gasteiger partial charge in [-0.3, -0.25) is 0 Å². The number of rotatable bonds is 22. The van der Waals surface area contributed by atoms with Gasteiger partial charge in [0.05, 0.1) is 61.0 Å². The SMILES string of the molecule is CC(CC(C)(C)C)OC1CCCCC1.CC(OC1CCCCC1)C(C)(C)C.CC1CCC(COC(C)CC(C)(C)C)CC1.CCC(C)OC1CCCCC1.CCC(C)OCCC1CCCCC1.CCOC(C)CC.COC(C)CC(C)(C)C. The number of hydrogen-bond acceptors (Lipinski definition) is 7. The van der Waals surface area contributed by atoms with Gasteiger partial charge in [-0.25, -0.2) is 0 Å². The molecule has 0 aromatic rings. The van der Waals surface area contributed by atoms with Crippen molar-refractivity contribution in [1.82, 2.24) is 0 Å². The van der Waals surface area contributed by atoms with Gasteiger partial charge in [0, 0.05) is 26.9 Å². The highest BCUT2D eigenvalue weighted by Crippen LogP contribution is 2.32. The third-order valence-electron chi connectivity index (χ3n) is 17.8. The van der Waals surface area contributed by atoms with Crippen molar-refractivity contribution in [3.63, 3.8) is 0 Å². The summed E-state index contributed by atoms with van der Waals surface area (Å²) in [5.41, 5.74) is 1.47. The van der Waals surface area contributed by atoms with E-state index in [-0.39, 0.29) is 5.41 Å². The summed E-state index contributed by atoms with van der Waals surface area (Å²) >= 11 is 0. The highest BCUT2D eigenvalue weighted by Gasteiger charge is 2.26. The predicted molar refractivity (Wildman–Crippen MR) is 366 cm³/mol. The zero-order valence-electron chi connectivity index (χ0n) is 61.4. The van der Waals surface area contributed by atoms with Gasteiger partial charge in [-0.2, -0.15) is 0 Å². The Kier molecular flexibility index (Phi) is 50.6. The predicted octanol–water partition coefficient (Wildman–Crippen LogP) is 23.8. The molecule has 0 heterocycles. The largest absolute Gasteiger partial charge is 0.382 e. The van der Waals surface area contributed by atoms with Gasteiger partial charge in [0.15, 0.2) is 0 Å². The molecule has 5 fully saturated rings.